The van der Waals surface area contributed by atoms with Gasteiger partial charge in [-0.3, -0.25) is 15.3 Å². The van der Waals surface area contributed by atoms with Gasteiger partial charge in [-0.25, -0.2) is 27.2 Å². The Morgan fingerprint density at radius 3 is 2.70 bits per heavy atom. The lowest BCUT2D eigenvalue weighted by atomic mass is 10.2. The number of anilines is 1. The van der Waals surface area contributed by atoms with E-state index in [2.05, 4.69) is 24.8 Å². The molecule has 160 valence electrons. The first kappa shape index (κ1) is 21.8. The number of nitrogens with one attached hydrogen (secondary N) is 2. The van der Waals surface area contributed by atoms with Crippen molar-refractivity contribution in [3.05, 3.63) is 51.8 Å². The molecule has 14 heteroatoms. The number of hydrogen-bond acceptors (Lipinski definition) is 8. The van der Waals surface area contributed by atoms with Crippen LogP contribution < -0.4 is 9.79 Å². The molecule has 3 aromatic rings. The summed E-state index contributed by atoms with van der Waals surface area (Å²) < 4.78 is 47.1. The first-order valence-corrected chi connectivity index (χ1v) is 10.2. The maximum absolute atomic E-state index is 13.3. The highest BCUT2D eigenvalue weighted by Crippen LogP contribution is 2.23. The van der Waals surface area contributed by atoms with Gasteiger partial charge in [0.1, 0.15) is 16.4 Å². The Morgan fingerprint density at radius 2 is 2.10 bits per heavy atom. The minimum Gasteiger partial charge on any atom is -0.282 e. The average molecular weight is 458 g/mol. The fourth-order valence-electron chi connectivity index (χ4n) is 2.73. The van der Waals surface area contributed by atoms with E-state index < -0.39 is 21.7 Å². The molecular weight excluding hydrogens is 441 g/mol. The van der Waals surface area contributed by atoms with Crippen molar-refractivity contribution in [1.29, 1.82) is 5.41 Å². The summed E-state index contributed by atoms with van der Waals surface area (Å²) in [5.41, 5.74) is 0.488. The highest BCUT2D eigenvalue weighted by molar-refractivity contribution is 7.89. The van der Waals surface area contributed by atoms with Crippen LogP contribution in [0.3, 0.4) is 0 Å². The van der Waals surface area contributed by atoms with Crippen molar-refractivity contribution in [2.75, 3.05) is 5.06 Å². The molecule has 3 N–H and O–H groups in total. The molecule has 0 amide bonds. The minimum absolute atomic E-state index is 0.0115. The van der Waals surface area contributed by atoms with E-state index >= 15 is 0 Å². The number of benzene rings is 1. The summed E-state index contributed by atoms with van der Waals surface area (Å²) in [5, 5.41) is 29.7. The van der Waals surface area contributed by atoms with Crippen molar-refractivity contribution >= 4 is 33.1 Å². The topological polar surface area (TPSA) is 150 Å². The SMILES string of the molecule is Cc1nn(C)c(C)c1S(=O)(=O)NCc1nonc1C(=N)N(O)c1ccc(F)c(Cl)c1. The zero-order chi connectivity index (χ0) is 22.2. The third-order valence-electron chi connectivity index (χ3n) is 4.28. The molecule has 0 fully saturated rings. The van der Waals surface area contributed by atoms with E-state index in [0.717, 1.165) is 12.1 Å². The van der Waals surface area contributed by atoms with Gasteiger partial charge in [0.15, 0.2) is 11.5 Å². The number of hydrogen-bond donors (Lipinski definition) is 3. The summed E-state index contributed by atoms with van der Waals surface area (Å²) in [7, 11) is -2.33. The number of amidine groups is 1. The summed E-state index contributed by atoms with van der Waals surface area (Å²) >= 11 is 5.69. The third kappa shape index (κ3) is 4.05. The molecule has 0 aliphatic heterocycles. The van der Waals surface area contributed by atoms with Gasteiger partial charge in [0.2, 0.25) is 10.0 Å². The van der Waals surface area contributed by atoms with Crippen LogP contribution in [0, 0.1) is 25.1 Å². The lowest BCUT2D eigenvalue weighted by molar-refractivity contribution is 0.297. The van der Waals surface area contributed by atoms with Gasteiger partial charge in [0.25, 0.3) is 0 Å². The van der Waals surface area contributed by atoms with E-state index in [9.17, 15) is 18.0 Å². The zero-order valence-electron chi connectivity index (χ0n) is 16.0. The van der Waals surface area contributed by atoms with Crippen LogP contribution in [-0.4, -0.2) is 39.6 Å². The minimum atomic E-state index is -3.95. The summed E-state index contributed by atoms with van der Waals surface area (Å²) in [4.78, 5) is 0.0304. The van der Waals surface area contributed by atoms with Crippen molar-refractivity contribution < 1.29 is 22.6 Å². The van der Waals surface area contributed by atoms with Gasteiger partial charge in [-0.15, -0.1) is 0 Å². The smallest absolute Gasteiger partial charge is 0.244 e. The molecule has 11 nitrogen and oxygen atoms in total. The van der Waals surface area contributed by atoms with Crippen molar-refractivity contribution in [2.45, 2.75) is 25.3 Å². The Kier molecular flexibility index (Phi) is 5.90. The molecule has 30 heavy (non-hydrogen) atoms. The second-order valence-electron chi connectivity index (χ2n) is 6.27. The highest BCUT2D eigenvalue weighted by atomic mass is 35.5. The van der Waals surface area contributed by atoms with Gasteiger partial charge in [-0.05, 0) is 37.2 Å². The highest BCUT2D eigenvalue weighted by Gasteiger charge is 2.26. The lowest BCUT2D eigenvalue weighted by Crippen LogP contribution is -2.30. The molecule has 0 radical (unpaired) electrons. The number of hydroxylamine groups is 1. The van der Waals surface area contributed by atoms with E-state index in [0.29, 0.717) is 16.5 Å². The number of aromatic nitrogens is 4. The lowest BCUT2D eigenvalue weighted by Gasteiger charge is -2.16. The molecule has 0 aliphatic rings. The molecular formula is C16H17ClFN7O4S. The Bertz CT molecular complexity index is 1220. The van der Waals surface area contributed by atoms with Crippen LogP contribution in [-0.2, 0) is 23.6 Å². The molecule has 1 aromatic carbocycles. The predicted molar refractivity (Wildman–Crippen MR) is 104 cm³/mol. The van der Waals surface area contributed by atoms with Crippen LogP contribution in [0.25, 0.3) is 0 Å². The van der Waals surface area contributed by atoms with E-state index in [1.54, 1.807) is 20.9 Å². The van der Waals surface area contributed by atoms with E-state index in [4.69, 9.17) is 17.0 Å². The Morgan fingerprint density at radius 1 is 1.40 bits per heavy atom. The number of halogens is 2. The molecule has 0 bridgehead atoms. The molecule has 0 aliphatic carbocycles. The fraction of sp³-hybridized carbons (Fsp3) is 0.250. The van der Waals surface area contributed by atoms with Crippen LogP contribution in [0.1, 0.15) is 22.8 Å². The Labute approximate surface area is 175 Å². The van der Waals surface area contributed by atoms with Crippen molar-refractivity contribution in [1.82, 2.24) is 24.8 Å². The second kappa shape index (κ2) is 8.10. The van der Waals surface area contributed by atoms with E-state index in [-0.39, 0.29) is 33.5 Å². The standard InChI is InChI=1S/C16H17ClFN7O4S/c1-8-15(9(2)24(3)21-8)30(27,28)20-7-13-14(23-29-22-13)16(19)25(26)10-4-5-12(18)11(17)6-10/h4-6,19-20,26H,7H2,1-3H3. The van der Waals surface area contributed by atoms with Crippen LogP contribution >= 0.6 is 11.6 Å². The van der Waals surface area contributed by atoms with Gasteiger partial charge < -0.3 is 0 Å². The van der Waals surface area contributed by atoms with Crippen molar-refractivity contribution in [3.63, 3.8) is 0 Å². The summed E-state index contributed by atoms with van der Waals surface area (Å²) in [6.45, 7) is 2.82. The first-order valence-electron chi connectivity index (χ1n) is 8.37. The van der Waals surface area contributed by atoms with Gasteiger partial charge in [-0.2, -0.15) is 5.10 Å². The van der Waals surface area contributed by atoms with E-state index in [1.807, 2.05) is 0 Å². The summed E-state index contributed by atoms with van der Waals surface area (Å²) in [6, 6.07) is 3.32. The monoisotopic (exact) mass is 457 g/mol. The zero-order valence-corrected chi connectivity index (χ0v) is 17.6. The largest absolute Gasteiger partial charge is 0.282 e. The maximum Gasteiger partial charge on any atom is 0.244 e. The number of aryl methyl sites for hydroxylation is 2. The molecule has 0 atom stereocenters. The molecule has 0 saturated carbocycles. The average Bonchev–Trinajstić information content (AvgIpc) is 3.25. The Balaban J connectivity index is 1.81. The molecule has 0 saturated heterocycles. The van der Waals surface area contributed by atoms with Crippen molar-refractivity contribution in [3.8, 4) is 0 Å². The molecule has 3 rings (SSSR count). The van der Waals surface area contributed by atoms with Gasteiger partial charge in [-0.1, -0.05) is 16.8 Å². The van der Waals surface area contributed by atoms with E-state index in [1.165, 1.54) is 10.7 Å². The van der Waals surface area contributed by atoms with Crippen LogP contribution in [0.5, 0.6) is 0 Å². The third-order valence-corrected chi connectivity index (χ3v) is 6.22. The number of nitrogens with zero attached hydrogens (tertiary/aromatic N) is 5. The quantitative estimate of drug-likeness (QED) is 0.288. The molecule has 0 unspecified atom stereocenters. The normalized spacial score (nSPS) is 11.7. The number of rotatable bonds is 6. The van der Waals surface area contributed by atoms with Crippen LogP contribution in [0.15, 0.2) is 27.7 Å². The molecule has 0 spiro atoms. The predicted octanol–water partition coefficient (Wildman–Crippen LogP) is 1.91. The molecule has 2 heterocycles. The van der Waals surface area contributed by atoms with Crippen molar-refractivity contribution in [2.24, 2.45) is 7.05 Å². The molecule has 2 aromatic heterocycles. The summed E-state index contributed by atoms with van der Waals surface area (Å²) in [6.07, 6.45) is 0. The summed E-state index contributed by atoms with van der Waals surface area (Å²) in [5.74, 6) is -1.28. The fourth-order valence-corrected chi connectivity index (χ4v) is 4.32. The first-order chi connectivity index (χ1) is 14.0. The van der Waals surface area contributed by atoms with Crippen LogP contribution in [0.4, 0.5) is 10.1 Å². The number of sulfonamides is 1. The Hall–Kier alpha value is -2.87. The second-order valence-corrected chi connectivity index (χ2v) is 8.38. The maximum atomic E-state index is 13.3. The van der Waals surface area contributed by atoms with Gasteiger partial charge >= 0.3 is 0 Å². The van der Waals surface area contributed by atoms with Crippen LogP contribution in [0.2, 0.25) is 5.02 Å². The van der Waals surface area contributed by atoms with Gasteiger partial charge in [0.05, 0.1) is 28.6 Å². The van der Waals surface area contributed by atoms with Gasteiger partial charge in [0, 0.05) is 7.05 Å².